The Balaban J connectivity index is 1.80. The van der Waals surface area contributed by atoms with Gasteiger partial charge in [-0.25, -0.2) is 17.2 Å². The summed E-state index contributed by atoms with van der Waals surface area (Å²) in [5.41, 5.74) is 2.14. The minimum atomic E-state index is -3.84. The van der Waals surface area contributed by atoms with Gasteiger partial charge in [-0.2, -0.15) is 0 Å². The van der Waals surface area contributed by atoms with Crippen LogP contribution in [0.4, 0.5) is 20.2 Å². The van der Waals surface area contributed by atoms with Crippen molar-refractivity contribution in [1.29, 1.82) is 0 Å². The first kappa shape index (κ1) is 20.5. The second-order valence-electron chi connectivity index (χ2n) is 7.10. The average Bonchev–Trinajstić information content (AvgIpc) is 2.61. The van der Waals surface area contributed by atoms with Crippen LogP contribution in [0.2, 0.25) is 0 Å². The van der Waals surface area contributed by atoms with E-state index in [0.717, 1.165) is 29.8 Å². The molecule has 1 heterocycles. The summed E-state index contributed by atoms with van der Waals surface area (Å²) in [6, 6.07) is 7.24. The highest BCUT2D eigenvalue weighted by Crippen LogP contribution is 2.32. The van der Waals surface area contributed by atoms with Crippen molar-refractivity contribution in [3.63, 3.8) is 0 Å². The number of nitrogens with one attached hydrogen (secondary N) is 1. The monoisotopic (exact) mass is 410 g/mol. The summed E-state index contributed by atoms with van der Waals surface area (Å²) < 4.78 is 54.8. The van der Waals surface area contributed by atoms with Crippen LogP contribution < -0.4 is 9.62 Å². The number of benzene rings is 2. The van der Waals surface area contributed by atoms with E-state index in [-0.39, 0.29) is 11.1 Å². The second kappa shape index (κ2) is 8.05. The zero-order chi connectivity index (χ0) is 20.5. The van der Waals surface area contributed by atoms with Crippen LogP contribution in [0.25, 0.3) is 0 Å². The lowest BCUT2D eigenvalue weighted by Crippen LogP contribution is -2.39. The standard InChI is InChI=1S/C20H24F2N2O3S/c1-3-8-24-19-6-5-16(11-15(19)4-7-20(24)25)23-28(26,27)12-14-9-17(21)13(2)18(22)10-14/h5-6,9-11,20,23,25H,3-4,7-8,12H2,1-2H3. The van der Waals surface area contributed by atoms with Gasteiger partial charge >= 0.3 is 0 Å². The van der Waals surface area contributed by atoms with E-state index in [9.17, 15) is 22.3 Å². The molecule has 1 aliphatic heterocycles. The van der Waals surface area contributed by atoms with E-state index in [1.807, 2.05) is 11.8 Å². The number of sulfonamides is 1. The molecule has 0 aliphatic carbocycles. The number of aryl methyl sites for hydroxylation is 1. The zero-order valence-electron chi connectivity index (χ0n) is 15.9. The molecule has 3 rings (SSSR count). The predicted octanol–water partition coefficient (Wildman–Crippen LogP) is 3.70. The van der Waals surface area contributed by atoms with Gasteiger partial charge in [-0.3, -0.25) is 4.72 Å². The highest BCUT2D eigenvalue weighted by atomic mass is 32.2. The Bertz CT molecular complexity index is 956. The summed E-state index contributed by atoms with van der Waals surface area (Å²) in [6.07, 6.45) is 1.56. The number of aliphatic hydroxyl groups excluding tert-OH is 1. The summed E-state index contributed by atoms with van der Waals surface area (Å²) in [4.78, 5) is 1.91. The molecule has 5 nitrogen and oxygen atoms in total. The van der Waals surface area contributed by atoms with E-state index >= 15 is 0 Å². The number of hydrogen-bond donors (Lipinski definition) is 2. The molecule has 8 heteroatoms. The van der Waals surface area contributed by atoms with E-state index < -0.39 is 33.6 Å². The van der Waals surface area contributed by atoms with E-state index in [2.05, 4.69) is 4.72 Å². The molecule has 28 heavy (non-hydrogen) atoms. The Morgan fingerprint density at radius 3 is 2.54 bits per heavy atom. The van der Waals surface area contributed by atoms with Gasteiger partial charge in [0.15, 0.2) is 0 Å². The minimum absolute atomic E-state index is 0.0447. The van der Waals surface area contributed by atoms with Gasteiger partial charge in [-0.15, -0.1) is 0 Å². The lowest BCUT2D eigenvalue weighted by Gasteiger charge is -2.36. The average molecular weight is 410 g/mol. The molecule has 0 fully saturated rings. The quantitative estimate of drug-likeness (QED) is 0.762. The smallest absolute Gasteiger partial charge is 0.236 e. The number of fused-ring (bicyclic) bond motifs is 1. The Morgan fingerprint density at radius 1 is 1.21 bits per heavy atom. The van der Waals surface area contributed by atoms with Crippen LogP contribution in [-0.4, -0.2) is 26.3 Å². The van der Waals surface area contributed by atoms with Crippen LogP contribution in [-0.2, 0) is 22.2 Å². The Morgan fingerprint density at radius 2 is 1.89 bits per heavy atom. The van der Waals surface area contributed by atoms with Crippen molar-refractivity contribution in [2.75, 3.05) is 16.2 Å². The van der Waals surface area contributed by atoms with Gasteiger partial charge in [0, 0.05) is 23.5 Å². The fourth-order valence-corrected chi connectivity index (χ4v) is 4.62. The third-order valence-electron chi connectivity index (χ3n) is 4.86. The molecule has 2 aromatic carbocycles. The van der Waals surface area contributed by atoms with Crippen molar-refractivity contribution in [2.24, 2.45) is 0 Å². The van der Waals surface area contributed by atoms with E-state index in [1.165, 1.54) is 6.92 Å². The molecule has 0 saturated carbocycles. The molecule has 0 amide bonds. The maximum atomic E-state index is 13.7. The van der Waals surface area contributed by atoms with Crippen molar-refractivity contribution < 1.29 is 22.3 Å². The largest absolute Gasteiger partial charge is 0.374 e. The lowest BCUT2D eigenvalue weighted by molar-refractivity contribution is 0.153. The minimum Gasteiger partial charge on any atom is -0.374 e. The molecule has 1 atom stereocenters. The zero-order valence-corrected chi connectivity index (χ0v) is 16.7. The van der Waals surface area contributed by atoms with Crippen molar-refractivity contribution in [3.05, 3.63) is 58.7 Å². The van der Waals surface area contributed by atoms with Gasteiger partial charge in [-0.05, 0) is 67.6 Å². The lowest BCUT2D eigenvalue weighted by atomic mass is 9.99. The predicted molar refractivity (Wildman–Crippen MR) is 106 cm³/mol. The molecule has 1 aliphatic rings. The number of halogens is 2. The fraction of sp³-hybridized carbons (Fsp3) is 0.400. The number of nitrogens with zero attached hydrogens (tertiary/aromatic N) is 1. The van der Waals surface area contributed by atoms with E-state index in [1.54, 1.807) is 18.2 Å². The number of hydrogen-bond acceptors (Lipinski definition) is 4. The first-order chi connectivity index (χ1) is 13.2. The van der Waals surface area contributed by atoms with Crippen LogP contribution in [0, 0.1) is 18.6 Å². The van der Waals surface area contributed by atoms with Crippen LogP contribution >= 0.6 is 0 Å². The molecular formula is C20H24F2N2O3S. The van der Waals surface area contributed by atoms with Gasteiger partial charge < -0.3 is 10.0 Å². The normalized spacial score (nSPS) is 16.8. The third kappa shape index (κ3) is 4.44. The topological polar surface area (TPSA) is 69.6 Å². The van der Waals surface area contributed by atoms with E-state index in [4.69, 9.17) is 0 Å². The molecule has 0 aromatic heterocycles. The third-order valence-corrected chi connectivity index (χ3v) is 6.12. The summed E-state index contributed by atoms with van der Waals surface area (Å²) in [5, 5.41) is 10.2. The maximum Gasteiger partial charge on any atom is 0.236 e. The van der Waals surface area contributed by atoms with Crippen LogP contribution in [0.1, 0.15) is 36.5 Å². The molecule has 0 radical (unpaired) electrons. The highest BCUT2D eigenvalue weighted by Gasteiger charge is 2.24. The van der Waals surface area contributed by atoms with Gasteiger partial charge in [0.2, 0.25) is 10.0 Å². The van der Waals surface area contributed by atoms with Crippen LogP contribution in [0.3, 0.4) is 0 Å². The summed E-state index contributed by atoms with van der Waals surface area (Å²) in [7, 11) is -3.84. The van der Waals surface area contributed by atoms with Crippen molar-refractivity contribution in [3.8, 4) is 0 Å². The maximum absolute atomic E-state index is 13.7. The van der Waals surface area contributed by atoms with Crippen molar-refractivity contribution >= 4 is 21.4 Å². The first-order valence-electron chi connectivity index (χ1n) is 9.23. The molecule has 0 bridgehead atoms. The SMILES string of the molecule is CCCN1c2ccc(NS(=O)(=O)Cc3cc(F)c(C)c(F)c3)cc2CCC1O. The molecule has 1 unspecified atom stereocenters. The van der Waals surface area contributed by atoms with Gasteiger partial charge in [-0.1, -0.05) is 6.92 Å². The molecule has 2 N–H and O–H groups in total. The first-order valence-corrected chi connectivity index (χ1v) is 10.9. The van der Waals surface area contributed by atoms with E-state index in [0.29, 0.717) is 25.1 Å². The van der Waals surface area contributed by atoms with Crippen LogP contribution in [0.5, 0.6) is 0 Å². The molecule has 0 saturated heterocycles. The molecule has 152 valence electrons. The van der Waals surface area contributed by atoms with Gasteiger partial charge in [0.05, 0.1) is 5.75 Å². The Kier molecular flexibility index (Phi) is 5.90. The number of aliphatic hydroxyl groups is 1. The van der Waals surface area contributed by atoms with Crippen molar-refractivity contribution in [2.45, 2.75) is 45.1 Å². The van der Waals surface area contributed by atoms with Gasteiger partial charge in [0.1, 0.15) is 17.9 Å². The highest BCUT2D eigenvalue weighted by molar-refractivity contribution is 7.91. The Hall–Kier alpha value is -2.19. The van der Waals surface area contributed by atoms with Gasteiger partial charge in [0.25, 0.3) is 0 Å². The summed E-state index contributed by atoms with van der Waals surface area (Å²) >= 11 is 0. The number of rotatable bonds is 6. The molecule has 2 aromatic rings. The van der Waals surface area contributed by atoms with Crippen molar-refractivity contribution in [1.82, 2.24) is 0 Å². The number of anilines is 2. The summed E-state index contributed by atoms with van der Waals surface area (Å²) in [6.45, 7) is 4.04. The fourth-order valence-electron chi connectivity index (χ4n) is 3.46. The molecular weight excluding hydrogens is 386 g/mol. The van der Waals surface area contributed by atoms with Crippen LogP contribution in [0.15, 0.2) is 30.3 Å². The molecule has 0 spiro atoms. The Labute approximate surface area is 164 Å². The second-order valence-corrected chi connectivity index (χ2v) is 8.82. The summed E-state index contributed by atoms with van der Waals surface area (Å²) in [5.74, 6) is -2.07.